The average molecular weight is 426 g/mol. The van der Waals surface area contributed by atoms with Gasteiger partial charge in [-0.2, -0.15) is 0 Å². The van der Waals surface area contributed by atoms with E-state index in [1.54, 1.807) is 31.8 Å². The fourth-order valence-electron chi connectivity index (χ4n) is 2.89. The summed E-state index contributed by atoms with van der Waals surface area (Å²) in [5.74, 6) is 1.16. The predicted octanol–water partition coefficient (Wildman–Crippen LogP) is 5.70. The molecular formula is C21H17Cl2N5O. The normalized spacial score (nSPS) is 10.8. The smallest absolute Gasteiger partial charge is 0.227 e. The molecule has 0 radical (unpaired) electrons. The molecule has 1 N–H and O–H groups in total. The van der Waals surface area contributed by atoms with Gasteiger partial charge in [-0.05, 0) is 37.3 Å². The number of rotatable bonds is 5. The lowest BCUT2D eigenvalue weighted by Crippen LogP contribution is -2.00. The van der Waals surface area contributed by atoms with E-state index in [4.69, 9.17) is 27.9 Å². The number of hydrogen-bond donors (Lipinski definition) is 1. The van der Waals surface area contributed by atoms with Gasteiger partial charge in [0.2, 0.25) is 5.95 Å². The highest BCUT2D eigenvalue weighted by atomic mass is 35.5. The number of ether oxygens (including phenoxy) is 1. The van der Waals surface area contributed by atoms with Crippen molar-refractivity contribution in [1.29, 1.82) is 0 Å². The third-order valence-corrected chi connectivity index (χ3v) is 5.04. The maximum absolute atomic E-state index is 6.12. The van der Waals surface area contributed by atoms with E-state index in [0.717, 1.165) is 28.3 Å². The van der Waals surface area contributed by atoms with Gasteiger partial charge >= 0.3 is 0 Å². The lowest BCUT2D eigenvalue weighted by Gasteiger charge is -2.12. The fourth-order valence-corrected chi connectivity index (χ4v) is 3.18. The number of aromatic nitrogens is 4. The van der Waals surface area contributed by atoms with Gasteiger partial charge in [-0.25, -0.2) is 15.0 Å². The summed E-state index contributed by atoms with van der Waals surface area (Å²) in [5, 5.41) is 4.19. The molecule has 2 aromatic heterocycles. The van der Waals surface area contributed by atoms with Crippen LogP contribution in [0.4, 0.5) is 11.6 Å². The highest BCUT2D eigenvalue weighted by Gasteiger charge is 2.09. The highest BCUT2D eigenvalue weighted by Crippen LogP contribution is 2.30. The van der Waals surface area contributed by atoms with E-state index in [1.807, 2.05) is 48.0 Å². The van der Waals surface area contributed by atoms with E-state index in [2.05, 4.69) is 20.3 Å². The van der Waals surface area contributed by atoms with Crippen molar-refractivity contribution in [3.63, 3.8) is 0 Å². The molecule has 4 aromatic rings. The van der Waals surface area contributed by atoms with Crippen molar-refractivity contribution >= 4 is 34.8 Å². The van der Waals surface area contributed by atoms with Crippen molar-refractivity contribution in [2.24, 2.45) is 0 Å². The molecule has 6 nitrogen and oxygen atoms in total. The lowest BCUT2D eigenvalue weighted by molar-refractivity contribution is 0.413. The second-order valence-electron chi connectivity index (χ2n) is 6.33. The Morgan fingerprint density at radius 3 is 2.59 bits per heavy atom. The Bertz CT molecular complexity index is 1180. The predicted molar refractivity (Wildman–Crippen MR) is 116 cm³/mol. The summed E-state index contributed by atoms with van der Waals surface area (Å²) in [5.41, 5.74) is 4.21. The number of halogens is 2. The Hall–Kier alpha value is -3.09. The third-order valence-electron chi connectivity index (χ3n) is 4.30. The molecule has 0 fully saturated rings. The number of hydrogen-bond acceptors (Lipinski definition) is 5. The van der Waals surface area contributed by atoms with Crippen molar-refractivity contribution in [3.8, 4) is 22.7 Å². The van der Waals surface area contributed by atoms with Gasteiger partial charge in [0.1, 0.15) is 5.75 Å². The van der Waals surface area contributed by atoms with Gasteiger partial charge in [0.05, 0.1) is 40.6 Å². The Morgan fingerprint density at radius 1 is 1.00 bits per heavy atom. The molecule has 0 aliphatic rings. The number of methoxy groups -OCH3 is 1. The molecule has 4 rings (SSSR count). The van der Waals surface area contributed by atoms with Crippen molar-refractivity contribution in [2.45, 2.75) is 6.92 Å². The van der Waals surface area contributed by atoms with Crippen LogP contribution in [0.3, 0.4) is 0 Å². The molecule has 0 spiro atoms. The summed E-state index contributed by atoms with van der Waals surface area (Å²) in [6.07, 6.45) is 5.38. The summed E-state index contributed by atoms with van der Waals surface area (Å²) in [6, 6.07) is 13.0. The van der Waals surface area contributed by atoms with Crippen LogP contribution in [0.15, 0.2) is 61.2 Å². The van der Waals surface area contributed by atoms with Gasteiger partial charge in [0, 0.05) is 29.7 Å². The lowest BCUT2D eigenvalue weighted by atomic mass is 10.1. The zero-order chi connectivity index (χ0) is 20.4. The topological polar surface area (TPSA) is 64.9 Å². The van der Waals surface area contributed by atoms with Gasteiger partial charge in [-0.15, -0.1) is 0 Å². The van der Waals surface area contributed by atoms with Crippen molar-refractivity contribution in [3.05, 3.63) is 76.9 Å². The molecule has 0 aliphatic heterocycles. The standard InChI is InChI=1S/C21H17Cl2N5O/c1-13-11-28(12-25-13)19-6-4-15(10-20(19)29-2)26-21-24-8-7-18(27-21)14-3-5-16(22)17(23)9-14/h3-12H,1-2H3,(H,24,26,27). The summed E-state index contributed by atoms with van der Waals surface area (Å²) in [7, 11) is 1.63. The Labute approximate surface area is 178 Å². The van der Waals surface area contributed by atoms with Crippen LogP contribution in [-0.2, 0) is 0 Å². The van der Waals surface area contributed by atoms with E-state index < -0.39 is 0 Å². The monoisotopic (exact) mass is 425 g/mol. The molecule has 0 aliphatic carbocycles. The Kier molecular flexibility index (Phi) is 5.38. The zero-order valence-electron chi connectivity index (χ0n) is 15.7. The van der Waals surface area contributed by atoms with Crippen LogP contribution in [0.1, 0.15) is 5.69 Å². The highest BCUT2D eigenvalue weighted by molar-refractivity contribution is 6.42. The molecule has 29 heavy (non-hydrogen) atoms. The van der Waals surface area contributed by atoms with Gasteiger partial charge in [-0.3, -0.25) is 0 Å². The number of aryl methyl sites for hydroxylation is 1. The molecule has 0 bridgehead atoms. The van der Waals surface area contributed by atoms with Crippen molar-refractivity contribution in [2.75, 3.05) is 12.4 Å². The van der Waals surface area contributed by atoms with E-state index in [9.17, 15) is 0 Å². The van der Waals surface area contributed by atoms with Crippen LogP contribution < -0.4 is 10.1 Å². The van der Waals surface area contributed by atoms with E-state index in [1.165, 1.54) is 0 Å². The summed E-state index contributed by atoms with van der Waals surface area (Å²) < 4.78 is 7.46. The third kappa shape index (κ3) is 4.18. The first kappa shape index (κ1) is 19.2. The molecule has 0 unspecified atom stereocenters. The largest absolute Gasteiger partial charge is 0.494 e. The molecule has 2 aromatic carbocycles. The van der Waals surface area contributed by atoms with Gasteiger partial charge in [0.25, 0.3) is 0 Å². The second kappa shape index (κ2) is 8.11. The Balaban J connectivity index is 1.61. The van der Waals surface area contributed by atoms with E-state index >= 15 is 0 Å². The number of anilines is 2. The molecule has 2 heterocycles. The quantitative estimate of drug-likeness (QED) is 0.444. The zero-order valence-corrected chi connectivity index (χ0v) is 17.2. The van der Waals surface area contributed by atoms with Crippen LogP contribution >= 0.6 is 23.2 Å². The van der Waals surface area contributed by atoms with E-state index in [0.29, 0.717) is 21.7 Å². The average Bonchev–Trinajstić information content (AvgIpc) is 3.16. The summed E-state index contributed by atoms with van der Waals surface area (Å²) in [6.45, 7) is 1.94. The van der Waals surface area contributed by atoms with Gasteiger partial charge in [0.15, 0.2) is 0 Å². The minimum absolute atomic E-state index is 0.460. The van der Waals surface area contributed by atoms with Gasteiger partial charge < -0.3 is 14.6 Å². The van der Waals surface area contributed by atoms with E-state index in [-0.39, 0.29) is 0 Å². The number of nitrogens with one attached hydrogen (secondary N) is 1. The molecule has 146 valence electrons. The van der Waals surface area contributed by atoms with Crippen LogP contribution in [0, 0.1) is 6.92 Å². The molecular weight excluding hydrogens is 409 g/mol. The first-order valence-electron chi connectivity index (χ1n) is 8.78. The molecule has 8 heteroatoms. The molecule has 0 saturated heterocycles. The SMILES string of the molecule is COc1cc(Nc2nccc(-c3ccc(Cl)c(Cl)c3)n2)ccc1-n1cnc(C)c1. The Morgan fingerprint density at radius 2 is 1.86 bits per heavy atom. The molecule has 0 amide bonds. The first-order chi connectivity index (χ1) is 14.0. The first-order valence-corrected chi connectivity index (χ1v) is 9.53. The fraction of sp³-hybridized carbons (Fsp3) is 0.0952. The second-order valence-corrected chi connectivity index (χ2v) is 7.14. The minimum atomic E-state index is 0.460. The van der Waals surface area contributed by atoms with Crippen molar-refractivity contribution in [1.82, 2.24) is 19.5 Å². The number of benzene rings is 2. The molecule has 0 saturated carbocycles. The number of nitrogens with zero attached hydrogens (tertiary/aromatic N) is 4. The van der Waals surface area contributed by atoms with Crippen LogP contribution in [-0.4, -0.2) is 26.6 Å². The van der Waals surface area contributed by atoms with Gasteiger partial charge in [-0.1, -0.05) is 29.3 Å². The van der Waals surface area contributed by atoms with Crippen molar-refractivity contribution < 1.29 is 4.74 Å². The maximum atomic E-state index is 6.12. The van der Waals surface area contributed by atoms with Crippen LogP contribution in [0.2, 0.25) is 10.0 Å². The maximum Gasteiger partial charge on any atom is 0.227 e. The van der Waals surface area contributed by atoms with Crippen LogP contribution in [0.5, 0.6) is 5.75 Å². The molecule has 0 atom stereocenters. The number of imidazole rings is 1. The minimum Gasteiger partial charge on any atom is -0.494 e. The van der Waals surface area contributed by atoms with Crippen LogP contribution in [0.25, 0.3) is 16.9 Å². The summed E-state index contributed by atoms with van der Waals surface area (Å²) in [4.78, 5) is 13.1. The summed E-state index contributed by atoms with van der Waals surface area (Å²) >= 11 is 12.1.